The van der Waals surface area contributed by atoms with Crippen LogP contribution in [0, 0.1) is 22.0 Å². The van der Waals surface area contributed by atoms with Crippen molar-refractivity contribution in [3.63, 3.8) is 0 Å². The summed E-state index contributed by atoms with van der Waals surface area (Å²) in [5.74, 6) is -2.51. The van der Waals surface area contributed by atoms with Gasteiger partial charge in [-0.3, -0.25) is 29.9 Å². The van der Waals surface area contributed by atoms with E-state index in [1.165, 1.54) is 18.2 Å². The minimum Gasteiger partial charge on any atom is -0.272 e. The van der Waals surface area contributed by atoms with Crippen molar-refractivity contribution in [2.75, 3.05) is 0 Å². The largest absolute Gasteiger partial charge is 0.272 e. The van der Waals surface area contributed by atoms with E-state index < -0.39 is 34.5 Å². The van der Waals surface area contributed by atoms with Gasteiger partial charge in [-0.2, -0.15) is 5.01 Å². The number of carbonyl (C=O) groups excluding carboxylic acids is 3. The van der Waals surface area contributed by atoms with Crippen molar-refractivity contribution in [2.45, 2.75) is 19.8 Å². The van der Waals surface area contributed by atoms with Crippen molar-refractivity contribution in [1.82, 2.24) is 10.4 Å². The van der Waals surface area contributed by atoms with Crippen LogP contribution in [-0.4, -0.2) is 27.7 Å². The zero-order valence-corrected chi connectivity index (χ0v) is 12.9. The Kier molecular flexibility index (Phi) is 3.88. The van der Waals surface area contributed by atoms with Crippen LogP contribution in [0.15, 0.2) is 35.9 Å². The zero-order chi connectivity index (χ0) is 17.4. The average Bonchev–Trinajstić information content (AvgIpc) is 2.79. The molecule has 0 spiro atoms. The van der Waals surface area contributed by atoms with Crippen LogP contribution in [0.5, 0.6) is 0 Å². The van der Waals surface area contributed by atoms with E-state index in [4.69, 9.17) is 0 Å². The van der Waals surface area contributed by atoms with Crippen LogP contribution in [0.25, 0.3) is 0 Å². The smallest absolute Gasteiger partial charge is 0.270 e. The molecular weight excluding hydrogens is 314 g/mol. The summed E-state index contributed by atoms with van der Waals surface area (Å²) in [6.07, 6.45) is 2.90. The molecular formula is C16H15N3O5. The molecule has 0 aromatic heterocycles. The molecule has 0 radical (unpaired) electrons. The monoisotopic (exact) mass is 329 g/mol. The van der Waals surface area contributed by atoms with Crippen LogP contribution in [0.1, 0.15) is 30.1 Å². The summed E-state index contributed by atoms with van der Waals surface area (Å²) in [4.78, 5) is 47.1. The number of non-ortho nitro benzene ring substituents is 1. The Morgan fingerprint density at radius 1 is 1.29 bits per heavy atom. The third-order valence-electron chi connectivity index (χ3n) is 4.36. The van der Waals surface area contributed by atoms with Crippen LogP contribution in [-0.2, 0) is 9.59 Å². The van der Waals surface area contributed by atoms with E-state index >= 15 is 0 Å². The number of hydrazine groups is 1. The molecule has 3 rings (SSSR count). The van der Waals surface area contributed by atoms with Crippen LogP contribution < -0.4 is 5.43 Å². The van der Waals surface area contributed by atoms with Gasteiger partial charge in [0.1, 0.15) is 0 Å². The molecule has 1 aromatic rings. The Morgan fingerprint density at radius 2 is 2.00 bits per heavy atom. The molecule has 2 aliphatic rings. The van der Waals surface area contributed by atoms with E-state index in [1.807, 2.05) is 13.0 Å². The van der Waals surface area contributed by atoms with Gasteiger partial charge in [0.05, 0.1) is 16.8 Å². The van der Waals surface area contributed by atoms with Gasteiger partial charge in [-0.1, -0.05) is 17.7 Å². The highest BCUT2D eigenvalue weighted by atomic mass is 16.6. The molecule has 0 saturated carbocycles. The number of amides is 3. The van der Waals surface area contributed by atoms with Crippen molar-refractivity contribution in [2.24, 2.45) is 11.8 Å². The lowest BCUT2D eigenvalue weighted by Crippen LogP contribution is -2.46. The Balaban J connectivity index is 1.78. The number of carbonyl (C=O) groups is 3. The number of nitro benzene ring substituents is 1. The number of fused-ring (bicyclic) bond motifs is 1. The first-order valence-electron chi connectivity index (χ1n) is 7.47. The second kappa shape index (κ2) is 5.88. The summed E-state index contributed by atoms with van der Waals surface area (Å²) in [5.41, 5.74) is 3.10. The fourth-order valence-corrected chi connectivity index (χ4v) is 3.07. The highest BCUT2D eigenvalue weighted by Crippen LogP contribution is 2.36. The molecule has 3 amide bonds. The van der Waals surface area contributed by atoms with Gasteiger partial charge in [0.2, 0.25) is 0 Å². The molecule has 1 saturated heterocycles. The first kappa shape index (κ1) is 15.9. The van der Waals surface area contributed by atoms with Crippen LogP contribution >= 0.6 is 0 Å². The Morgan fingerprint density at radius 3 is 2.71 bits per heavy atom. The molecule has 2 atom stereocenters. The van der Waals surface area contributed by atoms with Gasteiger partial charge in [0.15, 0.2) is 0 Å². The number of nitrogens with one attached hydrogen (secondary N) is 1. The highest BCUT2D eigenvalue weighted by molar-refractivity contribution is 6.08. The SMILES string of the molecule is CC1=CC[C@H]2C(=O)N(NC(=O)c3cccc([N+](=O)[O-])c3)C(=O)[C@@H]2C1. The normalized spacial score (nSPS) is 22.9. The first-order valence-corrected chi connectivity index (χ1v) is 7.47. The minimum absolute atomic E-state index is 0.00831. The van der Waals surface area contributed by atoms with E-state index in [9.17, 15) is 24.5 Å². The van der Waals surface area contributed by atoms with E-state index in [1.54, 1.807) is 0 Å². The summed E-state index contributed by atoms with van der Waals surface area (Å²) in [7, 11) is 0. The summed E-state index contributed by atoms with van der Waals surface area (Å²) in [5, 5.41) is 11.5. The van der Waals surface area contributed by atoms with E-state index in [0.717, 1.165) is 16.6 Å². The lowest BCUT2D eigenvalue weighted by atomic mass is 9.82. The minimum atomic E-state index is -0.733. The van der Waals surface area contributed by atoms with Crippen molar-refractivity contribution in [3.05, 3.63) is 51.6 Å². The lowest BCUT2D eigenvalue weighted by Gasteiger charge is -2.18. The second-order valence-electron chi connectivity index (χ2n) is 5.96. The van der Waals surface area contributed by atoms with Crippen molar-refractivity contribution < 1.29 is 19.3 Å². The topological polar surface area (TPSA) is 110 Å². The standard InChI is InChI=1S/C16H15N3O5/c1-9-5-6-12-13(7-9)16(22)18(15(12)21)17-14(20)10-3-2-4-11(8-10)19(23)24/h2-5,8,12-13H,6-7H2,1H3,(H,17,20)/t12-,13-/m1/s1. The first-order chi connectivity index (χ1) is 11.4. The maximum absolute atomic E-state index is 12.4. The van der Waals surface area contributed by atoms with Gasteiger partial charge >= 0.3 is 0 Å². The van der Waals surface area contributed by atoms with Crippen molar-refractivity contribution in [1.29, 1.82) is 0 Å². The number of allylic oxidation sites excluding steroid dienone is 2. The van der Waals surface area contributed by atoms with Gasteiger partial charge in [0.25, 0.3) is 23.4 Å². The number of benzene rings is 1. The van der Waals surface area contributed by atoms with E-state index in [-0.39, 0.29) is 11.3 Å². The molecule has 1 aliphatic carbocycles. The Bertz CT molecular complexity index is 786. The fourth-order valence-electron chi connectivity index (χ4n) is 3.07. The number of hydrogen-bond donors (Lipinski definition) is 1. The quantitative estimate of drug-likeness (QED) is 0.392. The number of imide groups is 1. The predicted octanol–water partition coefficient (Wildman–Crippen LogP) is 1.58. The fraction of sp³-hybridized carbons (Fsp3) is 0.312. The molecule has 1 aromatic carbocycles. The summed E-state index contributed by atoms with van der Waals surface area (Å²) in [6.45, 7) is 1.90. The molecule has 0 bridgehead atoms. The summed E-state index contributed by atoms with van der Waals surface area (Å²) in [6, 6.07) is 5.10. The summed E-state index contributed by atoms with van der Waals surface area (Å²) >= 11 is 0. The second-order valence-corrected chi connectivity index (χ2v) is 5.96. The lowest BCUT2D eigenvalue weighted by molar-refractivity contribution is -0.384. The molecule has 0 unspecified atom stereocenters. The molecule has 24 heavy (non-hydrogen) atoms. The van der Waals surface area contributed by atoms with Crippen molar-refractivity contribution >= 4 is 23.4 Å². The highest BCUT2D eigenvalue weighted by Gasteiger charge is 2.49. The van der Waals surface area contributed by atoms with E-state index in [2.05, 4.69) is 5.43 Å². The predicted molar refractivity (Wildman–Crippen MR) is 82.4 cm³/mol. The number of rotatable bonds is 3. The van der Waals surface area contributed by atoms with Gasteiger partial charge in [-0.15, -0.1) is 0 Å². The third kappa shape index (κ3) is 2.66. The Hall–Kier alpha value is -3.03. The maximum Gasteiger partial charge on any atom is 0.270 e. The van der Waals surface area contributed by atoms with E-state index in [0.29, 0.717) is 12.8 Å². The van der Waals surface area contributed by atoms with Crippen LogP contribution in [0.3, 0.4) is 0 Å². The molecule has 1 N–H and O–H groups in total. The number of hydrogen-bond acceptors (Lipinski definition) is 5. The van der Waals surface area contributed by atoms with Gasteiger partial charge in [0, 0.05) is 17.7 Å². The third-order valence-corrected chi connectivity index (χ3v) is 4.36. The van der Waals surface area contributed by atoms with Gasteiger partial charge < -0.3 is 0 Å². The Labute approximate surface area is 137 Å². The molecule has 8 heteroatoms. The van der Waals surface area contributed by atoms with Crippen LogP contribution in [0.2, 0.25) is 0 Å². The number of nitro groups is 1. The molecule has 1 heterocycles. The molecule has 1 aliphatic heterocycles. The molecule has 124 valence electrons. The molecule has 1 fully saturated rings. The zero-order valence-electron chi connectivity index (χ0n) is 12.9. The average molecular weight is 329 g/mol. The maximum atomic E-state index is 12.4. The molecule has 8 nitrogen and oxygen atoms in total. The number of nitrogens with zero attached hydrogens (tertiary/aromatic N) is 2. The van der Waals surface area contributed by atoms with Gasteiger partial charge in [-0.25, -0.2) is 0 Å². The van der Waals surface area contributed by atoms with Gasteiger partial charge in [-0.05, 0) is 25.8 Å². The summed E-state index contributed by atoms with van der Waals surface area (Å²) < 4.78 is 0. The van der Waals surface area contributed by atoms with Crippen molar-refractivity contribution in [3.8, 4) is 0 Å². The van der Waals surface area contributed by atoms with Crippen LogP contribution in [0.4, 0.5) is 5.69 Å².